The number of carbonyl (C=O) groups excluding carboxylic acids is 1. The molecule has 6 heteroatoms. The second kappa shape index (κ2) is 6.26. The van der Waals surface area contributed by atoms with E-state index < -0.39 is 15.4 Å². The number of nitrogens with zero attached hydrogens (tertiary/aromatic N) is 1. The Bertz CT molecular complexity index is 548. The quantitative estimate of drug-likeness (QED) is 0.898. The van der Waals surface area contributed by atoms with Crippen LogP contribution < -0.4 is 9.62 Å². The van der Waals surface area contributed by atoms with Crippen molar-refractivity contribution in [3.8, 4) is 0 Å². The largest absolute Gasteiger partial charge is 0.354 e. The van der Waals surface area contributed by atoms with E-state index in [4.69, 9.17) is 0 Å². The predicted molar refractivity (Wildman–Crippen MR) is 81.1 cm³/mol. The lowest BCUT2D eigenvalue weighted by Gasteiger charge is -2.24. The fourth-order valence-electron chi connectivity index (χ4n) is 1.62. The van der Waals surface area contributed by atoms with Crippen LogP contribution in [-0.4, -0.2) is 33.7 Å². The van der Waals surface area contributed by atoms with Gasteiger partial charge < -0.3 is 5.32 Å². The molecule has 0 spiro atoms. The third-order valence-electron chi connectivity index (χ3n) is 2.73. The number of nitrogens with one attached hydrogen (secondary N) is 1. The van der Waals surface area contributed by atoms with Crippen molar-refractivity contribution in [1.82, 2.24) is 5.32 Å². The third-order valence-corrected chi connectivity index (χ3v) is 3.92. The predicted octanol–water partition coefficient (Wildman–Crippen LogP) is 1.61. The molecule has 20 heavy (non-hydrogen) atoms. The number of para-hydroxylation sites is 1. The summed E-state index contributed by atoms with van der Waals surface area (Å²) in [6, 6.07) is 8.84. The van der Waals surface area contributed by atoms with Gasteiger partial charge in [0, 0.05) is 12.0 Å². The lowest BCUT2D eigenvalue weighted by atomic mass is 9.96. The van der Waals surface area contributed by atoms with Crippen LogP contribution in [0.4, 0.5) is 5.69 Å². The number of benzene rings is 1. The van der Waals surface area contributed by atoms with Crippen LogP contribution in [-0.2, 0) is 14.8 Å². The number of anilines is 1. The van der Waals surface area contributed by atoms with Gasteiger partial charge in [-0.1, -0.05) is 39.0 Å². The number of hydrogen-bond acceptors (Lipinski definition) is 3. The molecule has 0 saturated carbocycles. The maximum absolute atomic E-state index is 11.8. The van der Waals surface area contributed by atoms with Gasteiger partial charge in [-0.05, 0) is 12.1 Å². The van der Waals surface area contributed by atoms with Gasteiger partial charge >= 0.3 is 0 Å². The second-order valence-electron chi connectivity index (χ2n) is 5.68. The molecule has 0 aliphatic carbocycles. The molecule has 0 bridgehead atoms. The van der Waals surface area contributed by atoms with Gasteiger partial charge in [0.2, 0.25) is 15.9 Å². The van der Waals surface area contributed by atoms with Crippen molar-refractivity contribution in [3.63, 3.8) is 0 Å². The summed E-state index contributed by atoms with van der Waals surface area (Å²) in [7, 11) is -3.37. The van der Waals surface area contributed by atoms with Gasteiger partial charge in [-0.15, -0.1) is 0 Å². The number of amides is 1. The Balaban J connectivity index is 2.73. The normalized spacial score (nSPS) is 12.0. The van der Waals surface area contributed by atoms with Crippen molar-refractivity contribution >= 4 is 21.6 Å². The van der Waals surface area contributed by atoms with E-state index >= 15 is 0 Å². The van der Waals surface area contributed by atoms with Crippen LogP contribution in [0.3, 0.4) is 0 Å². The van der Waals surface area contributed by atoms with E-state index in [0.29, 0.717) is 5.69 Å². The number of carbonyl (C=O) groups is 1. The molecular weight excluding hydrogens is 276 g/mol. The molecule has 1 aromatic carbocycles. The lowest BCUT2D eigenvalue weighted by molar-refractivity contribution is -0.128. The van der Waals surface area contributed by atoms with Gasteiger partial charge in [-0.25, -0.2) is 8.42 Å². The van der Waals surface area contributed by atoms with E-state index in [0.717, 1.165) is 6.26 Å². The molecule has 1 N–H and O–H groups in total. The average molecular weight is 298 g/mol. The van der Waals surface area contributed by atoms with E-state index in [9.17, 15) is 13.2 Å². The Kier molecular flexibility index (Phi) is 5.16. The van der Waals surface area contributed by atoms with E-state index in [2.05, 4.69) is 5.32 Å². The van der Waals surface area contributed by atoms with Crippen LogP contribution in [0.1, 0.15) is 20.8 Å². The summed E-state index contributed by atoms with van der Waals surface area (Å²) >= 11 is 0. The minimum Gasteiger partial charge on any atom is -0.354 e. The molecule has 1 amide bonds. The van der Waals surface area contributed by atoms with Crippen molar-refractivity contribution in [1.29, 1.82) is 0 Å². The van der Waals surface area contributed by atoms with Gasteiger partial charge in [-0.2, -0.15) is 0 Å². The summed E-state index contributed by atoms with van der Waals surface area (Å²) in [6.07, 6.45) is 1.16. The Morgan fingerprint density at radius 2 is 1.75 bits per heavy atom. The van der Waals surface area contributed by atoms with Gasteiger partial charge in [0.25, 0.3) is 0 Å². The van der Waals surface area contributed by atoms with Crippen molar-refractivity contribution in [2.24, 2.45) is 5.41 Å². The summed E-state index contributed by atoms with van der Waals surface area (Å²) < 4.78 is 24.9. The Morgan fingerprint density at radius 1 is 1.20 bits per heavy atom. The van der Waals surface area contributed by atoms with Gasteiger partial charge in [0.15, 0.2) is 0 Å². The number of rotatable bonds is 5. The Hall–Kier alpha value is -1.56. The Labute approximate surface area is 121 Å². The molecule has 0 aromatic heterocycles. The summed E-state index contributed by atoms with van der Waals surface area (Å²) in [5.41, 5.74) is 0.114. The smallest absolute Gasteiger partial charge is 0.232 e. The maximum Gasteiger partial charge on any atom is 0.232 e. The van der Waals surface area contributed by atoms with Crippen LogP contribution in [0.2, 0.25) is 0 Å². The maximum atomic E-state index is 11.8. The minimum atomic E-state index is -3.37. The van der Waals surface area contributed by atoms with E-state index in [1.165, 1.54) is 4.31 Å². The average Bonchev–Trinajstić information content (AvgIpc) is 2.32. The molecule has 0 saturated heterocycles. The molecule has 0 aliphatic rings. The second-order valence-corrected chi connectivity index (χ2v) is 7.58. The van der Waals surface area contributed by atoms with Gasteiger partial charge in [-0.3, -0.25) is 9.10 Å². The first-order valence-corrected chi connectivity index (χ1v) is 8.28. The SMILES string of the molecule is CC(C)(C)C(=O)NCCN(c1ccccc1)S(C)(=O)=O. The van der Waals surface area contributed by atoms with Crippen LogP contribution in [0, 0.1) is 5.41 Å². The molecule has 0 fully saturated rings. The number of sulfonamides is 1. The van der Waals surface area contributed by atoms with Crippen LogP contribution in [0.15, 0.2) is 30.3 Å². The molecule has 0 unspecified atom stereocenters. The molecule has 0 atom stereocenters. The summed E-state index contributed by atoms with van der Waals surface area (Å²) in [6.45, 7) is 5.93. The molecule has 5 nitrogen and oxygen atoms in total. The molecule has 1 rings (SSSR count). The third kappa shape index (κ3) is 4.85. The minimum absolute atomic E-state index is 0.0981. The molecular formula is C14H22N2O3S. The Morgan fingerprint density at radius 3 is 2.20 bits per heavy atom. The molecule has 0 radical (unpaired) electrons. The highest BCUT2D eigenvalue weighted by Crippen LogP contribution is 2.16. The van der Waals surface area contributed by atoms with Gasteiger partial charge in [0.1, 0.15) is 0 Å². The van der Waals surface area contributed by atoms with Crippen molar-refractivity contribution < 1.29 is 13.2 Å². The summed E-state index contributed by atoms with van der Waals surface area (Å²) in [5, 5.41) is 2.75. The first-order valence-electron chi connectivity index (χ1n) is 6.43. The van der Waals surface area contributed by atoms with E-state index in [-0.39, 0.29) is 19.0 Å². The molecule has 0 aliphatic heterocycles. The standard InChI is InChI=1S/C14H22N2O3S/c1-14(2,3)13(17)15-10-11-16(20(4,18)19)12-8-6-5-7-9-12/h5-9H,10-11H2,1-4H3,(H,15,17). The zero-order valence-electron chi connectivity index (χ0n) is 12.4. The monoisotopic (exact) mass is 298 g/mol. The fourth-order valence-corrected chi connectivity index (χ4v) is 2.54. The molecule has 0 heterocycles. The van der Waals surface area contributed by atoms with Crippen molar-refractivity contribution in [2.45, 2.75) is 20.8 Å². The highest BCUT2D eigenvalue weighted by Gasteiger charge is 2.22. The lowest BCUT2D eigenvalue weighted by Crippen LogP contribution is -2.41. The highest BCUT2D eigenvalue weighted by molar-refractivity contribution is 7.92. The van der Waals surface area contributed by atoms with E-state index in [1.807, 2.05) is 26.8 Å². The van der Waals surface area contributed by atoms with Crippen LogP contribution in [0.25, 0.3) is 0 Å². The zero-order valence-corrected chi connectivity index (χ0v) is 13.2. The van der Waals surface area contributed by atoms with Crippen LogP contribution in [0.5, 0.6) is 0 Å². The van der Waals surface area contributed by atoms with Gasteiger partial charge in [0.05, 0.1) is 18.5 Å². The number of hydrogen-bond donors (Lipinski definition) is 1. The van der Waals surface area contributed by atoms with Crippen molar-refractivity contribution in [2.75, 3.05) is 23.7 Å². The topological polar surface area (TPSA) is 66.5 Å². The molecule has 112 valence electrons. The van der Waals surface area contributed by atoms with E-state index in [1.54, 1.807) is 24.3 Å². The summed E-state index contributed by atoms with van der Waals surface area (Å²) in [4.78, 5) is 11.8. The van der Waals surface area contributed by atoms with Crippen molar-refractivity contribution in [3.05, 3.63) is 30.3 Å². The summed E-state index contributed by atoms with van der Waals surface area (Å²) in [5.74, 6) is -0.0981. The zero-order chi connectivity index (χ0) is 15.4. The highest BCUT2D eigenvalue weighted by atomic mass is 32.2. The first kappa shape index (κ1) is 16.5. The fraction of sp³-hybridized carbons (Fsp3) is 0.500. The first-order chi connectivity index (χ1) is 9.12. The van der Waals surface area contributed by atoms with Crippen LogP contribution >= 0.6 is 0 Å². The molecule has 1 aromatic rings.